The van der Waals surface area contributed by atoms with Gasteiger partial charge in [0.25, 0.3) is 0 Å². The number of ether oxygens (including phenoxy) is 21. The van der Waals surface area contributed by atoms with Crippen LogP contribution in [0.3, 0.4) is 0 Å². The molecule has 0 radical (unpaired) electrons. The fourth-order valence-electron chi connectivity index (χ4n) is 13.3. The number of unbranched alkanes of at least 4 members (excludes halogenated alkanes) is 4. The number of aliphatic imine (C=N–C) groups is 2. The zero-order valence-corrected chi connectivity index (χ0v) is 89.3. The van der Waals surface area contributed by atoms with Crippen LogP contribution in [0.1, 0.15) is 145 Å². The number of phenols is 1. The quantitative estimate of drug-likeness (QED) is 0.00796. The second kappa shape index (κ2) is 91.2. The Morgan fingerprint density at radius 1 is 0.345 bits per heavy atom. The molecule has 0 fully saturated rings. The number of hydrogen-bond donors (Lipinski definition) is 4. The van der Waals surface area contributed by atoms with Gasteiger partial charge in [-0.15, -0.1) is 34.3 Å². The number of nitrogens with zero attached hydrogens (tertiary/aromatic N) is 6. The Balaban J connectivity index is 0.000000891. The largest absolute Gasteiger partial charge is 0.503 e. The van der Waals surface area contributed by atoms with Crippen LogP contribution < -0.4 is 16.2 Å². The number of aromatic hydroxyl groups is 1. The van der Waals surface area contributed by atoms with E-state index in [2.05, 4.69) is 90.0 Å². The van der Waals surface area contributed by atoms with Crippen molar-refractivity contribution in [2.24, 2.45) is 21.5 Å². The minimum Gasteiger partial charge on any atom is -0.503 e. The summed E-state index contributed by atoms with van der Waals surface area (Å²) in [6.07, 6.45) is 18.3. The molecule has 2 aromatic carbocycles. The summed E-state index contributed by atoms with van der Waals surface area (Å²) in [7, 11) is 4.25. The molecule has 2 aromatic heterocycles. The predicted molar refractivity (Wildman–Crippen MR) is 552 cm³/mol. The Kier molecular flexibility index (Phi) is 84.4. The van der Waals surface area contributed by atoms with Crippen LogP contribution in [0, 0.1) is 46.5 Å². The normalized spacial score (nSPS) is 12.2. The summed E-state index contributed by atoms with van der Waals surface area (Å²) in [6.45, 7) is 32.5. The van der Waals surface area contributed by atoms with Crippen molar-refractivity contribution >= 4 is 93.2 Å². The molecule has 2 aliphatic heterocycles. The number of aryl methyl sites for hydroxylation is 2. The van der Waals surface area contributed by atoms with E-state index in [4.69, 9.17) is 116 Å². The Morgan fingerprint density at radius 2 is 0.588 bits per heavy atom. The van der Waals surface area contributed by atoms with E-state index in [9.17, 15) is 54.3 Å². The minimum absolute atomic E-state index is 0. The van der Waals surface area contributed by atoms with E-state index in [0.29, 0.717) is 262 Å². The molecule has 148 heavy (non-hydrogen) atoms. The number of amides is 2. The van der Waals surface area contributed by atoms with Gasteiger partial charge in [0.2, 0.25) is 40.8 Å². The summed E-state index contributed by atoms with van der Waals surface area (Å²) in [4.78, 5) is 71.0. The first kappa shape index (κ1) is 137. The van der Waals surface area contributed by atoms with E-state index in [0.717, 1.165) is 162 Å². The van der Waals surface area contributed by atoms with E-state index in [1.807, 2.05) is 22.0 Å². The molecule has 0 spiro atoms. The van der Waals surface area contributed by atoms with Gasteiger partial charge in [-0.3, -0.25) is 19.2 Å². The van der Waals surface area contributed by atoms with E-state index >= 15 is 0 Å². The lowest BCUT2D eigenvalue weighted by Gasteiger charge is -2.22. The molecule has 0 aliphatic carbocycles. The first-order chi connectivity index (χ1) is 71.4. The average Bonchev–Trinajstić information content (AvgIpc) is 1.65. The third-order valence-electron chi connectivity index (χ3n) is 20.7. The van der Waals surface area contributed by atoms with Crippen LogP contribution in [0.4, 0.5) is 46.5 Å². The Labute approximate surface area is 881 Å². The van der Waals surface area contributed by atoms with Crippen molar-refractivity contribution < 1.29 is 164 Å². The Morgan fingerprint density at radius 3 is 0.845 bits per heavy atom. The molecule has 0 unspecified atom stereocenters. The minimum atomic E-state index is -1.80. The topological polar surface area (TPSA) is 392 Å². The van der Waals surface area contributed by atoms with E-state index < -0.39 is 76.4 Å². The van der Waals surface area contributed by atoms with Crippen molar-refractivity contribution in [3.05, 3.63) is 101 Å². The molecule has 850 valence electrons. The van der Waals surface area contributed by atoms with Gasteiger partial charge in [-0.05, 0) is 116 Å². The van der Waals surface area contributed by atoms with Crippen molar-refractivity contribution in [2.75, 3.05) is 337 Å². The lowest BCUT2D eigenvalue weighted by molar-refractivity contribution is -0.138. The molecular weight excluding hydrogens is 2020 g/mol. The monoisotopic (exact) mass is 2190 g/mol. The first-order valence-corrected chi connectivity index (χ1v) is 52.8. The summed E-state index contributed by atoms with van der Waals surface area (Å²) in [5.41, 5.74) is 15.7. The molecule has 0 saturated heterocycles. The molecular formula is C102H165ClF8N8O27S2. The first-order valence-electron chi connectivity index (χ1n) is 50.4. The van der Waals surface area contributed by atoms with Crippen LogP contribution in [0.2, 0.25) is 0 Å². The molecule has 0 bridgehead atoms. The highest BCUT2D eigenvalue weighted by Gasteiger charge is 2.27. The molecule has 0 atom stereocenters. The fourth-order valence-corrected chi connectivity index (χ4v) is 15.6. The van der Waals surface area contributed by atoms with Crippen LogP contribution in [-0.4, -0.2) is 402 Å². The summed E-state index contributed by atoms with van der Waals surface area (Å²) in [5, 5.41) is 16.9. The lowest BCUT2D eigenvalue weighted by atomic mass is 10.1. The number of aliphatic carboxylic acids is 1. The average molecular weight is 2190 g/mol. The maximum absolute atomic E-state index is 13.6. The number of rotatable bonds is 89. The highest BCUT2D eigenvalue weighted by molar-refractivity contribution is 7.13. The number of halogens is 9. The highest BCUT2D eigenvalue weighted by Crippen LogP contribution is 2.38. The Hall–Kier alpha value is -7.21. The molecule has 2 aliphatic rings. The summed E-state index contributed by atoms with van der Waals surface area (Å²) in [5.74, 6) is -17.7. The number of esters is 1. The van der Waals surface area contributed by atoms with Crippen molar-refractivity contribution in [2.45, 2.75) is 138 Å². The molecule has 4 heterocycles. The lowest BCUT2D eigenvalue weighted by Crippen LogP contribution is -2.34. The third kappa shape index (κ3) is 66.7. The third-order valence-corrected chi connectivity index (χ3v) is 23.0. The number of alkyl halides is 1. The molecule has 2 amide bonds. The number of benzene rings is 2. The van der Waals surface area contributed by atoms with Gasteiger partial charge < -0.3 is 141 Å². The standard InChI is InChI=1S/C50H78F4N4O13S.C44H78N4O13S.C6H2F4O.CH3Cl.CH4/c1-4-11-58(12-5-2)50(60)39-35-44-43(56-45(55)36-39)37-40(72-44)9-7-6-8-13-57(3)14-16-62-18-20-64-22-24-66-26-28-68-30-32-70-34-33-69-31-29-67-27-25-65-23-21-63-19-17-61-15-10-46(59)71-49-47(53)41(51)38-42(52)48(49)54;1-4-11-48(12-5-2)44(51)38-35-41-40(46-42(45)36-38)37-39(62-41)9-7-6-8-13-47(3)14-16-53-18-20-55-22-24-57-26-28-59-30-32-61-34-33-60-31-29-58-27-25-56-23-21-54-19-17-52-15-10-43(49)50;7-2-1-3(8)5(10)6(11)4(2)9;1-2;/h35,37-38H,4-34,36H2,1-3H3,(H2,55,56);35,37H,4-34,36H2,1-3H3,(H2,45,46)(H,49,50);1,11H;1H3;1H4. The molecule has 35 nitrogen and oxygen atoms in total. The second-order valence-corrected chi connectivity index (χ2v) is 35.2. The van der Waals surface area contributed by atoms with E-state index in [1.54, 1.807) is 22.7 Å². The molecule has 6 N–H and O–H groups in total. The number of nitrogens with two attached hydrogens (primary N) is 2. The van der Waals surface area contributed by atoms with Gasteiger partial charge in [0.05, 0.1) is 298 Å². The smallest absolute Gasteiger partial charge is 0.313 e. The van der Waals surface area contributed by atoms with Gasteiger partial charge in [0, 0.05) is 91.5 Å². The molecule has 6 rings (SSSR count). The number of carbonyl (C=O) groups is 4. The number of phenolic OH excluding ortho intramolecular Hbond substituents is 1. The van der Waals surface area contributed by atoms with Crippen LogP contribution in [0.5, 0.6) is 11.5 Å². The SMILES string of the molecule is C.CCCN(CCC)C(=O)C1=Cc2sc(CCCCCN(C)CCOCCOCCOCCOCCOCCOCCOCCOCCOCCOCCC(=O)O)cc2N=C(N)C1.CCCN(CCC)C(=O)C1=Cc2sc(CCCCCN(C)CCOCCOCCOCCOCCOCCOCCOCCOCCOCCOCCC(=O)Oc3c(F)c(F)cc(F)c3F)cc2N=C(N)C1.CCl.Oc1c(F)c(F)cc(F)c1F. The highest BCUT2D eigenvalue weighted by atomic mass is 35.5. The van der Waals surface area contributed by atoms with Gasteiger partial charge in [-0.1, -0.05) is 48.0 Å². The number of amidine groups is 2. The van der Waals surface area contributed by atoms with Crippen LogP contribution in [0.25, 0.3) is 12.2 Å². The van der Waals surface area contributed by atoms with Crippen LogP contribution in [0.15, 0.2) is 45.4 Å². The van der Waals surface area contributed by atoms with Crippen molar-refractivity contribution in [1.29, 1.82) is 0 Å². The maximum atomic E-state index is 13.6. The molecule has 4 aromatic rings. The summed E-state index contributed by atoms with van der Waals surface area (Å²) < 4.78 is 216. The second-order valence-electron chi connectivity index (χ2n) is 32.9. The predicted octanol–water partition coefficient (Wildman–Crippen LogP) is 14.4. The zero-order chi connectivity index (χ0) is 107. The van der Waals surface area contributed by atoms with E-state index in [1.165, 1.54) is 16.1 Å². The number of carboxylic acids is 1. The fraction of sp³-hybridized carbons (Fsp3) is 0.706. The number of carbonyl (C=O) groups excluding carboxylic acids is 3. The number of carboxylic acid groups (broad SMARTS) is 1. The van der Waals surface area contributed by atoms with Gasteiger partial charge >= 0.3 is 11.9 Å². The number of thiophene rings is 2. The van der Waals surface area contributed by atoms with Crippen molar-refractivity contribution in [3.8, 4) is 11.5 Å². The van der Waals surface area contributed by atoms with Gasteiger partial charge in [-0.25, -0.2) is 27.5 Å². The number of likely N-dealkylation sites (N-methyl/N-ethyl adjacent to an activating group) is 2. The summed E-state index contributed by atoms with van der Waals surface area (Å²) in [6, 6.07) is 4.31. The van der Waals surface area contributed by atoms with Gasteiger partial charge in [-0.2, -0.15) is 17.6 Å². The van der Waals surface area contributed by atoms with E-state index in [-0.39, 0.29) is 64.2 Å². The maximum Gasteiger partial charge on any atom is 0.313 e. The van der Waals surface area contributed by atoms with Crippen LogP contribution >= 0.6 is 34.3 Å². The molecule has 46 heteroatoms. The number of fused-ring (bicyclic) bond motifs is 2. The van der Waals surface area contributed by atoms with Gasteiger partial charge in [0.15, 0.2) is 29.0 Å². The Bertz CT molecular complexity index is 4180. The van der Waals surface area contributed by atoms with Crippen molar-refractivity contribution in [3.63, 3.8) is 0 Å². The summed E-state index contributed by atoms with van der Waals surface area (Å²) >= 11 is 8.09. The van der Waals surface area contributed by atoms with Crippen LogP contribution in [-0.2, 0) is 127 Å². The zero-order valence-electron chi connectivity index (χ0n) is 86.9. The van der Waals surface area contributed by atoms with Crippen molar-refractivity contribution in [1.82, 2.24) is 19.6 Å². The molecule has 0 saturated carbocycles. The number of hydrogen-bond acceptors (Lipinski definition) is 34. The van der Waals surface area contributed by atoms with Gasteiger partial charge in [0.1, 0.15) is 11.7 Å².